The highest BCUT2D eigenvalue weighted by atomic mass is 32.2. The predicted octanol–water partition coefficient (Wildman–Crippen LogP) is 0.746. The highest BCUT2D eigenvalue weighted by Crippen LogP contribution is 2.46. The number of aromatic carboxylic acids is 1. The minimum Gasteiger partial charge on any atom is -0.481 e. The van der Waals surface area contributed by atoms with Crippen LogP contribution in [0.1, 0.15) is 29.1 Å². The summed E-state index contributed by atoms with van der Waals surface area (Å²) in [5.74, 6) is -4.25. The Balaban J connectivity index is 0.000000292. The molecule has 2 aliphatic rings. The van der Waals surface area contributed by atoms with Crippen LogP contribution < -0.4 is 21.4 Å². The number of benzene rings is 1. The van der Waals surface area contributed by atoms with E-state index in [-0.39, 0.29) is 16.3 Å². The van der Waals surface area contributed by atoms with Gasteiger partial charge in [0.05, 0.1) is 28.0 Å². The molecule has 11 nitrogen and oxygen atoms in total. The second kappa shape index (κ2) is 9.77. The Hall–Kier alpha value is -3.16. The van der Waals surface area contributed by atoms with E-state index in [2.05, 4.69) is 5.32 Å². The standard InChI is InChI=1S/C16H16FN3O3S.C4H7NO4/c1-8-20-11-7-12(19-4-2-18-3-5-19)10(17)6-9(11)14(21)13(16(22)23)15(20)24-8;5-2(4(8)9)1-3(6)7/h6-8,18H,2-5H2,1H3,(H,22,23);2H,1,5H2,(H,6,7)(H,8,9)/t8-;/m0./s1. The zero-order valence-corrected chi connectivity index (χ0v) is 18.4. The second-order valence-electron chi connectivity index (χ2n) is 7.50. The average Bonchev–Trinajstić information content (AvgIpc) is 2.74. The lowest BCUT2D eigenvalue weighted by molar-refractivity contribution is -0.144. The Bertz CT molecular complexity index is 1180. The summed E-state index contributed by atoms with van der Waals surface area (Å²) in [6.07, 6.45) is -0.532. The molecule has 178 valence electrons. The van der Waals surface area contributed by atoms with Crippen molar-refractivity contribution in [3.63, 3.8) is 0 Å². The summed E-state index contributed by atoms with van der Waals surface area (Å²) in [5, 5.41) is 29.2. The third kappa shape index (κ3) is 4.94. The van der Waals surface area contributed by atoms with Crippen molar-refractivity contribution in [1.82, 2.24) is 9.88 Å². The molecule has 4 rings (SSSR count). The minimum atomic E-state index is -1.29. The summed E-state index contributed by atoms with van der Waals surface area (Å²) in [6, 6.07) is 1.58. The van der Waals surface area contributed by atoms with Gasteiger partial charge in [-0.25, -0.2) is 9.18 Å². The second-order valence-corrected chi connectivity index (χ2v) is 8.81. The smallest absolute Gasteiger partial charge is 0.342 e. The Labute approximate surface area is 191 Å². The number of carbonyl (C=O) groups is 3. The molecule has 2 atom stereocenters. The van der Waals surface area contributed by atoms with Crippen LogP contribution in [0.5, 0.6) is 0 Å². The fourth-order valence-corrected chi connectivity index (χ4v) is 4.80. The molecule has 33 heavy (non-hydrogen) atoms. The SMILES string of the molecule is C[C@@H]1Sc2c(C(=O)O)c(=O)c3cc(F)c(N4CCNCC4)cc3n21.NC(CC(=O)O)C(=O)O. The molecule has 0 spiro atoms. The molecule has 6 N–H and O–H groups in total. The first-order chi connectivity index (χ1) is 15.5. The molecule has 1 aromatic heterocycles. The van der Waals surface area contributed by atoms with Crippen LogP contribution in [0.4, 0.5) is 10.1 Å². The number of hydrogen-bond acceptors (Lipinski definition) is 8. The molecule has 1 saturated heterocycles. The third-order valence-corrected chi connectivity index (χ3v) is 6.43. The number of aromatic nitrogens is 1. The van der Waals surface area contributed by atoms with E-state index in [4.69, 9.17) is 15.9 Å². The van der Waals surface area contributed by atoms with Gasteiger partial charge in [0, 0.05) is 31.6 Å². The lowest BCUT2D eigenvalue weighted by Crippen LogP contribution is -2.44. The van der Waals surface area contributed by atoms with Gasteiger partial charge in [-0.15, -0.1) is 0 Å². The number of aliphatic carboxylic acids is 2. The maximum atomic E-state index is 14.6. The summed E-state index contributed by atoms with van der Waals surface area (Å²) in [7, 11) is 0. The zero-order valence-electron chi connectivity index (χ0n) is 17.6. The third-order valence-electron chi connectivity index (χ3n) is 5.26. The molecule has 0 bridgehead atoms. The molecule has 1 aromatic carbocycles. The van der Waals surface area contributed by atoms with Gasteiger partial charge in [-0.1, -0.05) is 11.8 Å². The molecular weight excluding hydrogens is 459 g/mol. The lowest BCUT2D eigenvalue weighted by Gasteiger charge is -2.34. The topological polar surface area (TPSA) is 175 Å². The van der Waals surface area contributed by atoms with Crippen LogP contribution in [0, 0.1) is 5.82 Å². The van der Waals surface area contributed by atoms with Gasteiger partial charge in [0.1, 0.15) is 17.4 Å². The van der Waals surface area contributed by atoms with Crippen LogP contribution in [0.25, 0.3) is 10.9 Å². The number of rotatable bonds is 5. The van der Waals surface area contributed by atoms with Crippen molar-refractivity contribution in [3.05, 3.63) is 33.7 Å². The number of piperazine rings is 1. The maximum Gasteiger partial charge on any atom is 0.342 e. The summed E-state index contributed by atoms with van der Waals surface area (Å²) in [5.41, 5.74) is 5.02. The summed E-state index contributed by atoms with van der Waals surface area (Å²) in [6.45, 7) is 4.87. The molecule has 2 aliphatic heterocycles. The predicted molar refractivity (Wildman–Crippen MR) is 119 cm³/mol. The normalized spacial score (nSPS) is 17.9. The van der Waals surface area contributed by atoms with Crippen molar-refractivity contribution >= 4 is 46.3 Å². The number of halogens is 1. The minimum absolute atomic E-state index is 0.0162. The molecule has 0 radical (unpaired) electrons. The number of fused-ring (bicyclic) bond motifs is 3. The maximum absolute atomic E-state index is 14.6. The first-order valence-corrected chi connectivity index (χ1v) is 10.9. The number of hydrogen-bond donors (Lipinski definition) is 5. The highest BCUT2D eigenvalue weighted by Gasteiger charge is 2.33. The molecule has 2 aromatic rings. The van der Waals surface area contributed by atoms with Crippen molar-refractivity contribution < 1.29 is 34.1 Å². The van der Waals surface area contributed by atoms with E-state index < -0.39 is 41.6 Å². The van der Waals surface area contributed by atoms with Crippen molar-refractivity contribution in [2.75, 3.05) is 31.1 Å². The molecule has 0 saturated carbocycles. The van der Waals surface area contributed by atoms with Crippen molar-refractivity contribution in [1.29, 1.82) is 0 Å². The first-order valence-electron chi connectivity index (χ1n) is 10.0. The Morgan fingerprint density at radius 2 is 1.88 bits per heavy atom. The van der Waals surface area contributed by atoms with Crippen LogP contribution in [0.15, 0.2) is 22.0 Å². The van der Waals surface area contributed by atoms with Gasteiger partial charge in [0.15, 0.2) is 0 Å². The quantitative estimate of drug-likeness (QED) is 0.406. The van der Waals surface area contributed by atoms with Gasteiger partial charge < -0.3 is 35.8 Å². The number of thioether (sulfide) groups is 1. The van der Waals surface area contributed by atoms with Crippen molar-refractivity contribution in [3.8, 4) is 0 Å². The molecule has 13 heteroatoms. The van der Waals surface area contributed by atoms with E-state index in [1.165, 1.54) is 17.8 Å². The fourth-order valence-electron chi connectivity index (χ4n) is 3.65. The Morgan fingerprint density at radius 1 is 1.24 bits per heavy atom. The fraction of sp³-hybridized carbons (Fsp3) is 0.400. The van der Waals surface area contributed by atoms with Gasteiger partial charge in [-0.05, 0) is 19.1 Å². The van der Waals surface area contributed by atoms with E-state index in [1.807, 2.05) is 16.4 Å². The van der Waals surface area contributed by atoms with Gasteiger partial charge in [-0.2, -0.15) is 0 Å². The van der Waals surface area contributed by atoms with Gasteiger partial charge in [0.2, 0.25) is 5.43 Å². The molecular formula is C20H23FN4O7S. The van der Waals surface area contributed by atoms with Crippen LogP contribution in [-0.4, -0.2) is 70.0 Å². The number of nitrogens with two attached hydrogens (primary N) is 1. The lowest BCUT2D eigenvalue weighted by atomic mass is 10.1. The summed E-state index contributed by atoms with van der Waals surface area (Å²) < 4.78 is 16.4. The van der Waals surface area contributed by atoms with Gasteiger partial charge >= 0.3 is 17.9 Å². The number of anilines is 1. The number of carboxylic acid groups (broad SMARTS) is 3. The number of nitrogens with zero attached hydrogens (tertiary/aromatic N) is 2. The summed E-state index contributed by atoms with van der Waals surface area (Å²) >= 11 is 1.35. The van der Waals surface area contributed by atoms with Crippen LogP contribution in [-0.2, 0) is 9.59 Å². The van der Waals surface area contributed by atoms with E-state index in [9.17, 15) is 28.7 Å². The number of nitrogens with one attached hydrogen (secondary N) is 1. The molecule has 0 aliphatic carbocycles. The van der Waals surface area contributed by atoms with Crippen molar-refractivity contribution in [2.45, 2.75) is 29.8 Å². The summed E-state index contributed by atoms with van der Waals surface area (Å²) in [4.78, 5) is 45.5. The molecule has 0 amide bonds. The van der Waals surface area contributed by atoms with E-state index in [0.29, 0.717) is 29.3 Å². The van der Waals surface area contributed by atoms with E-state index in [1.54, 1.807) is 6.07 Å². The van der Waals surface area contributed by atoms with Gasteiger partial charge in [-0.3, -0.25) is 14.4 Å². The molecule has 1 fully saturated rings. The Kier molecular flexibility index (Phi) is 7.25. The van der Waals surface area contributed by atoms with E-state index >= 15 is 0 Å². The largest absolute Gasteiger partial charge is 0.481 e. The Morgan fingerprint density at radius 3 is 2.36 bits per heavy atom. The van der Waals surface area contributed by atoms with Crippen molar-refractivity contribution in [2.24, 2.45) is 5.73 Å². The van der Waals surface area contributed by atoms with Crippen LogP contribution >= 0.6 is 11.8 Å². The molecule has 1 unspecified atom stereocenters. The van der Waals surface area contributed by atoms with E-state index in [0.717, 1.165) is 13.1 Å². The van der Waals surface area contributed by atoms with Crippen LogP contribution in [0.2, 0.25) is 0 Å². The average molecular weight is 482 g/mol. The number of carboxylic acids is 3. The van der Waals surface area contributed by atoms with Crippen LogP contribution in [0.3, 0.4) is 0 Å². The highest BCUT2D eigenvalue weighted by molar-refractivity contribution is 8.00. The van der Waals surface area contributed by atoms with Gasteiger partial charge in [0.25, 0.3) is 0 Å². The first kappa shape index (κ1) is 24.5. The molecule has 3 heterocycles. The zero-order chi connectivity index (χ0) is 24.4. The monoisotopic (exact) mass is 482 g/mol. The number of pyridine rings is 1.